The first-order valence-corrected chi connectivity index (χ1v) is 4.78. The van der Waals surface area contributed by atoms with Gasteiger partial charge in [-0.2, -0.15) is 0 Å². The maximum Gasteiger partial charge on any atom is 0.139 e. The van der Waals surface area contributed by atoms with Crippen LogP contribution < -0.4 is 0 Å². The van der Waals surface area contributed by atoms with Crippen molar-refractivity contribution in [3.63, 3.8) is 0 Å². The van der Waals surface area contributed by atoms with E-state index in [1.54, 1.807) is 0 Å². The van der Waals surface area contributed by atoms with Crippen molar-refractivity contribution in [1.29, 1.82) is 0 Å². The first-order valence-electron chi connectivity index (χ1n) is 3.53. The van der Waals surface area contributed by atoms with Crippen LogP contribution in [0.2, 0.25) is 0 Å². The average Bonchev–Trinajstić information content (AvgIpc) is 2.10. The van der Waals surface area contributed by atoms with Gasteiger partial charge < -0.3 is 4.74 Å². The molecule has 3 atom stereocenters. The lowest BCUT2D eigenvalue weighted by Crippen LogP contribution is -2.13. The third-order valence-corrected chi connectivity index (χ3v) is 3.08. The van der Waals surface area contributed by atoms with E-state index >= 15 is 0 Å². The van der Waals surface area contributed by atoms with Gasteiger partial charge in [-0.05, 0) is 12.8 Å². The number of rotatable bonds is 1. The highest BCUT2D eigenvalue weighted by Gasteiger charge is 2.28. The zero-order valence-corrected chi connectivity index (χ0v) is 8.09. The molecule has 0 aliphatic carbocycles. The Morgan fingerprint density at radius 1 is 1.78 bits per heavy atom. The summed E-state index contributed by atoms with van der Waals surface area (Å²) in [4.78, 5) is 0. The molecule has 0 N–H and O–H groups in total. The molecule has 0 bridgehead atoms. The molecule has 0 spiro atoms. The molecule has 1 nitrogen and oxygen atoms in total. The Bertz CT molecular complexity index is 99.1. The molecule has 0 aromatic rings. The van der Waals surface area contributed by atoms with Gasteiger partial charge in [0.25, 0.3) is 0 Å². The standard InChI is InChI=1S/C6H12BIO/c1-2-5-4(8)3-6(7)9-5/h4-6H,2-3,7H2,1H3/t4-,5+,6-/m0/s1. The summed E-state index contributed by atoms with van der Waals surface area (Å²) in [6.07, 6.45) is 2.93. The molecule has 1 aliphatic heterocycles. The van der Waals surface area contributed by atoms with Crippen molar-refractivity contribution in [1.82, 2.24) is 0 Å². The molecule has 1 saturated heterocycles. The zero-order chi connectivity index (χ0) is 6.85. The van der Waals surface area contributed by atoms with Gasteiger partial charge in [0.1, 0.15) is 7.85 Å². The van der Waals surface area contributed by atoms with Gasteiger partial charge in [0.05, 0.1) is 6.10 Å². The van der Waals surface area contributed by atoms with Crippen molar-refractivity contribution in [2.24, 2.45) is 0 Å². The molecular weight excluding hydrogens is 226 g/mol. The Kier molecular flexibility index (Phi) is 2.83. The number of hydrogen-bond donors (Lipinski definition) is 0. The van der Waals surface area contributed by atoms with Gasteiger partial charge in [-0.3, -0.25) is 0 Å². The van der Waals surface area contributed by atoms with Gasteiger partial charge in [-0.1, -0.05) is 29.5 Å². The van der Waals surface area contributed by atoms with Gasteiger partial charge in [0, 0.05) is 9.93 Å². The summed E-state index contributed by atoms with van der Waals surface area (Å²) in [7, 11) is 2.15. The van der Waals surface area contributed by atoms with E-state index in [1.807, 2.05) is 0 Å². The van der Waals surface area contributed by atoms with Gasteiger partial charge in [-0.15, -0.1) is 0 Å². The predicted molar refractivity (Wildman–Crippen MR) is 49.9 cm³/mol. The van der Waals surface area contributed by atoms with Crippen molar-refractivity contribution < 1.29 is 4.74 Å². The second kappa shape index (κ2) is 3.24. The molecule has 9 heavy (non-hydrogen) atoms. The smallest absolute Gasteiger partial charge is 0.139 e. The number of alkyl halides is 1. The van der Waals surface area contributed by atoms with Crippen molar-refractivity contribution in [3.8, 4) is 0 Å². The summed E-state index contributed by atoms with van der Waals surface area (Å²) in [5.74, 6) is 0. The zero-order valence-electron chi connectivity index (χ0n) is 5.93. The van der Waals surface area contributed by atoms with Crippen LogP contribution in [-0.2, 0) is 4.74 Å². The van der Waals surface area contributed by atoms with Crippen LogP contribution in [0.5, 0.6) is 0 Å². The van der Waals surface area contributed by atoms with Crippen molar-refractivity contribution >= 4 is 30.4 Å². The molecule has 0 aromatic heterocycles. The van der Waals surface area contributed by atoms with Gasteiger partial charge in [0.2, 0.25) is 0 Å². The Morgan fingerprint density at radius 3 is 2.67 bits per heavy atom. The highest BCUT2D eigenvalue weighted by Crippen LogP contribution is 2.27. The maximum atomic E-state index is 5.62. The van der Waals surface area contributed by atoms with Crippen LogP contribution in [-0.4, -0.2) is 23.9 Å². The summed E-state index contributed by atoms with van der Waals surface area (Å²) < 4.78 is 6.37. The molecule has 1 heterocycles. The lowest BCUT2D eigenvalue weighted by molar-refractivity contribution is 0.0885. The maximum absolute atomic E-state index is 5.62. The Hall–Kier alpha value is 0.755. The van der Waals surface area contributed by atoms with Crippen LogP contribution in [0.4, 0.5) is 0 Å². The Balaban J connectivity index is 2.38. The Morgan fingerprint density at radius 2 is 2.44 bits per heavy atom. The monoisotopic (exact) mass is 238 g/mol. The fourth-order valence-corrected chi connectivity index (χ4v) is 2.65. The lowest BCUT2D eigenvalue weighted by atomic mass is 9.97. The molecule has 0 radical (unpaired) electrons. The van der Waals surface area contributed by atoms with E-state index in [0.717, 1.165) is 10.3 Å². The van der Waals surface area contributed by atoms with Gasteiger partial charge in [-0.25, -0.2) is 0 Å². The fraction of sp³-hybridized carbons (Fsp3) is 1.00. The molecule has 0 saturated carbocycles. The summed E-state index contributed by atoms with van der Waals surface area (Å²) in [5.41, 5.74) is 0. The van der Waals surface area contributed by atoms with Crippen LogP contribution in [0.1, 0.15) is 19.8 Å². The second-order valence-corrected chi connectivity index (χ2v) is 4.25. The van der Waals surface area contributed by atoms with Crippen LogP contribution in [0, 0.1) is 0 Å². The highest BCUT2D eigenvalue weighted by molar-refractivity contribution is 14.1. The first-order chi connectivity index (χ1) is 4.24. The normalized spacial score (nSPS) is 43.6. The molecule has 1 aliphatic rings. The van der Waals surface area contributed by atoms with Gasteiger partial charge in [0.15, 0.2) is 0 Å². The van der Waals surface area contributed by atoms with E-state index in [1.165, 1.54) is 6.42 Å². The van der Waals surface area contributed by atoms with Crippen molar-refractivity contribution in [2.75, 3.05) is 0 Å². The van der Waals surface area contributed by atoms with Crippen molar-refractivity contribution in [2.45, 2.75) is 35.8 Å². The molecule has 52 valence electrons. The molecule has 0 unspecified atom stereocenters. The summed E-state index contributed by atoms with van der Waals surface area (Å²) in [6, 6.07) is 0.497. The summed E-state index contributed by atoms with van der Waals surface area (Å²) in [6.45, 7) is 2.19. The molecular formula is C6H12BIO. The number of ether oxygens (including phenoxy) is 1. The minimum absolute atomic E-state index is 0.497. The Labute approximate surface area is 71.1 Å². The first kappa shape index (κ1) is 7.86. The lowest BCUT2D eigenvalue weighted by Gasteiger charge is -2.09. The van der Waals surface area contributed by atoms with Crippen LogP contribution >= 0.6 is 22.6 Å². The molecule has 0 aromatic carbocycles. The van der Waals surface area contributed by atoms with E-state index in [-0.39, 0.29) is 0 Å². The third kappa shape index (κ3) is 1.83. The van der Waals surface area contributed by atoms with Gasteiger partial charge >= 0.3 is 0 Å². The minimum Gasteiger partial charge on any atom is -0.383 e. The average molecular weight is 238 g/mol. The third-order valence-electron chi connectivity index (χ3n) is 1.77. The van der Waals surface area contributed by atoms with E-state index in [4.69, 9.17) is 4.74 Å². The van der Waals surface area contributed by atoms with Crippen LogP contribution in [0.3, 0.4) is 0 Å². The second-order valence-electron chi connectivity index (χ2n) is 2.65. The highest BCUT2D eigenvalue weighted by atomic mass is 127. The van der Waals surface area contributed by atoms with E-state index in [9.17, 15) is 0 Å². The SMILES string of the molecule is B[C@@H]1C[C@H](I)[C@@H](CC)O1. The quantitative estimate of drug-likeness (QED) is 0.375. The molecule has 1 rings (SSSR count). The van der Waals surface area contributed by atoms with Crippen molar-refractivity contribution in [3.05, 3.63) is 0 Å². The summed E-state index contributed by atoms with van der Waals surface area (Å²) in [5, 5.41) is 0. The topological polar surface area (TPSA) is 9.23 Å². The van der Waals surface area contributed by atoms with E-state index in [0.29, 0.717) is 12.1 Å². The largest absolute Gasteiger partial charge is 0.383 e. The summed E-state index contributed by atoms with van der Waals surface area (Å²) >= 11 is 2.48. The predicted octanol–water partition coefficient (Wildman–Crippen LogP) is 0.948. The molecule has 0 amide bonds. The molecule has 1 fully saturated rings. The van der Waals surface area contributed by atoms with Crippen LogP contribution in [0.15, 0.2) is 0 Å². The fourth-order valence-electron chi connectivity index (χ4n) is 1.26. The minimum atomic E-state index is 0.497. The number of halogens is 1. The van der Waals surface area contributed by atoms with E-state index < -0.39 is 0 Å². The van der Waals surface area contributed by atoms with Crippen LogP contribution in [0.25, 0.3) is 0 Å². The number of hydrogen-bond acceptors (Lipinski definition) is 1. The molecule has 3 heteroatoms. The van der Waals surface area contributed by atoms with E-state index in [2.05, 4.69) is 37.4 Å².